The van der Waals surface area contributed by atoms with Crippen LogP contribution in [0.2, 0.25) is 0 Å². The van der Waals surface area contributed by atoms with Crippen LogP contribution in [0.5, 0.6) is 0 Å². The molecular weight excluding hydrogens is 368 g/mol. The van der Waals surface area contributed by atoms with Crippen LogP contribution < -0.4 is 10.9 Å². The predicted octanol–water partition coefficient (Wildman–Crippen LogP) is 3.04. The van der Waals surface area contributed by atoms with Crippen LogP contribution in [0.3, 0.4) is 0 Å². The molecule has 0 saturated carbocycles. The quantitative estimate of drug-likeness (QED) is 0.641. The number of hydrogen-bond acceptors (Lipinski definition) is 6. The third-order valence-electron chi connectivity index (χ3n) is 3.97. The third kappa shape index (κ3) is 3.26. The molecule has 1 saturated heterocycles. The molecule has 0 aromatic carbocycles. The molecule has 0 spiro atoms. The van der Waals surface area contributed by atoms with Gasteiger partial charge in [-0.25, -0.2) is 4.98 Å². The molecule has 0 radical (unpaired) electrons. The first-order valence-corrected chi connectivity index (χ1v) is 9.59. The van der Waals surface area contributed by atoms with Gasteiger partial charge in [-0.15, -0.1) is 0 Å². The molecule has 3 heterocycles. The first kappa shape index (κ1) is 18.6. The SMILES string of the molecule is CCN1C(=O)/C(=C/c2c(NC(C)C)nc3c(C)cccn3c2=O)SC1=S. The Kier molecular flexibility index (Phi) is 5.15. The molecule has 1 amide bonds. The molecule has 0 aliphatic carbocycles. The van der Waals surface area contributed by atoms with Gasteiger partial charge in [-0.3, -0.25) is 18.9 Å². The summed E-state index contributed by atoms with van der Waals surface area (Å²) in [4.78, 5) is 32.2. The van der Waals surface area contributed by atoms with Crippen LogP contribution in [0.4, 0.5) is 5.82 Å². The minimum absolute atomic E-state index is 0.0886. The van der Waals surface area contributed by atoms with Gasteiger partial charge >= 0.3 is 0 Å². The highest BCUT2D eigenvalue weighted by molar-refractivity contribution is 8.26. The maximum atomic E-state index is 13.1. The van der Waals surface area contributed by atoms with Gasteiger partial charge in [-0.05, 0) is 45.4 Å². The standard InChI is InChI=1S/C18H20N4O2S2/c1-5-21-17(24)13(26-18(21)25)9-12-14(19-10(2)3)20-15-11(4)7-6-8-22(15)16(12)23/h6-10,19H,5H2,1-4H3/b13-9-. The fourth-order valence-electron chi connectivity index (χ4n) is 2.73. The van der Waals surface area contributed by atoms with Crippen molar-refractivity contribution >= 4 is 51.7 Å². The van der Waals surface area contributed by atoms with Crippen LogP contribution in [0.1, 0.15) is 31.9 Å². The highest BCUT2D eigenvalue weighted by Crippen LogP contribution is 2.32. The van der Waals surface area contributed by atoms with E-state index in [1.165, 1.54) is 21.1 Å². The lowest BCUT2D eigenvalue weighted by atomic mass is 10.2. The summed E-state index contributed by atoms with van der Waals surface area (Å²) in [6.07, 6.45) is 3.29. The molecule has 0 atom stereocenters. The van der Waals surface area contributed by atoms with Crippen molar-refractivity contribution in [2.24, 2.45) is 0 Å². The summed E-state index contributed by atoms with van der Waals surface area (Å²) in [5, 5.41) is 3.22. The Morgan fingerprint density at radius 3 is 2.73 bits per heavy atom. The largest absolute Gasteiger partial charge is 0.367 e. The van der Waals surface area contributed by atoms with E-state index in [0.717, 1.165) is 5.56 Å². The van der Waals surface area contributed by atoms with Crippen molar-refractivity contribution in [3.8, 4) is 0 Å². The van der Waals surface area contributed by atoms with Crippen LogP contribution >= 0.6 is 24.0 Å². The molecule has 2 aromatic heterocycles. The zero-order valence-electron chi connectivity index (χ0n) is 15.1. The number of fused-ring (bicyclic) bond motifs is 1. The van der Waals surface area contributed by atoms with Crippen LogP contribution in [0.25, 0.3) is 11.7 Å². The number of likely N-dealkylation sites (N-methyl/N-ethyl adjacent to an activating group) is 1. The number of thioether (sulfide) groups is 1. The second-order valence-corrected chi connectivity index (χ2v) is 7.96. The first-order valence-electron chi connectivity index (χ1n) is 8.37. The molecule has 136 valence electrons. The van der Waals surface area contributed by atoms with Gasteiger partial charge in [-0.2, -0.15) is 0 Å². The van der Waals surface area contributed by atoms with E-state index in [0.29, 0.717) is 32.8 Å². The maximum absolute atomic E-state index is 13.1. The second-order valence-electron chi connectivity index (χ2n) is 6.29. The molecule has 1 N–H and O–H groups in total. The van der Waals surface area contributed by atoms with Gasteiger partial charge in [0.1, 0.15) is 15.8 Å². The maximum Gasteiger partial charge on any atom is 0.267 e. The van der Waals surface area contributed by atoms with E-state index < -0.39 is 0 Å². The minimum atomic E-state index is -0.219. The van der Waals surface area contributed by atoms with Crippen LogP contribution in [-0.2, 0) is 4.79 Å². The fourth-order valence-corrected chi connectivity index (χ4v) is 4.09. The zero-order chi connectivity index (χ0) is 19.0. The number of aromatic nitrogens is 2. The van der Waals surface area contributed by atoms with Crippen molar-refractivity contribution in [1.82, 2.24) is 14.3 Å². The van der Waals surface area contributed by atoms with E-state index in [-0.39, 0.29) is 17.5 Å². The number of carbonyl (C=O) groups excluding carboxylic acids is 1. The molecule has 1 aliphatic rings. The van der Waals surface area contributed by atoms with E-state index in [9.17, 15) is 9.59 Å². The lowest BCUT2D eigenvalue weighted by Crippen LogP contribution is -2.27. The third-order valence-corrected chi connectivity index (χ3v) is 5.35. The molecule has 2 aromatic rings. The van der Waals surface area contributed by atoms with Gasteiger partial charge < -0.3 is 5.32 Å². The van der Waals surface area contributed by atoms with Gasteiger partial charge in [0, 0.05) is 18.8 Å². The van der Waals surface area contributed by atoms with Crippen molar-refractivity contribution in [3.05, 3.63) is 44.7 Å². The van der Waals surface area contributed by atoms with Crippen molar-refractivity contribution in [2.45, 2.75) is 33.7 Å². The summed E-state index contributed by atoms with van der Waals surface area (Å²) < 4.78 is 2.01. The average Bonchev–Trinajstić information content (AvgIpc) is 2.85. The number of pyridine rings is 1. The van der Waals surface area contributed by atoms with Crippen molar-refractivity contribution < 1.29 is 4.79 Å². The smallest absolute Gasteiger partial charge is 0.267 e. The number of amides is 1. The van der Waals surface area contributed by atoms with Crippen molar-refractivity contribution in [3.63, 3.8) is 0 Å². The number of nitrogens with one attached hydrogen (secondary N) is 1. The summed E-state index contributed by atoms with van der Waals surface area (Å²) in [6.45, 7) is 8.23. The van der Waals surface area contributed by atoms with Crippen molar-refractivity contribution in [2.75, 3.05) is 11.9 Å². The number of carbonyl (C=O) groups is 1. The number of nitrogens with zero attached hydrogens (tertiary/aromatic N) is 3. The highest BCUT2D eigenvalue weighted by Gasteiger charge is 2.31. The summed E-state index contributed by atoms with van der Waals surface area (Å²) in [6, 6.07) is 3.81. The molecule has 8 heteroatoms. The molecule has 1 fully saturated rings. The van der Waals surface area contributed by atoms with Crippen LogP contribution in [0.15, 0.2) is 28.0 Å². The van der Waals surface area contributed by atoms with Gasteiger partial charge in [-0.1, -0.05) is 30.0 Å². The van der Waals surface area contributed by atoms with E-state index >= 15 is 0 Å². The number of thiocarbonyl (C=S) groups is 1. The predicted molar refractivity (Wildman–Crippen MR) is 111 cm³/mol. The van der Waals surface area contributed by atoms with Gasteiger partial charge in [0.2, 0.25) is 0 Å². The van der Waals surface area contributed by atoms with Gasteiger partial charge in [0.25, 0.3) is 11.5 Å². The summed E-state index contributed by atoms with van der Waals surface area (Å²) >= 11 is 6.46. The van der Waals surface area contributed by atoms with E-state index in [2.05, 4.69) is 10.3 Å². The summed E-state index contributed by atoms with van der Waals surface area (Å²) in [5.74, 6) is 0.299. The molecule has 26 heavy (non-hydrogen) atoms. The minimum Gasteiger partial charge on any atom is -0.367 e. The Labute approximate surface area is 161 Å². The number of aryl methyl sites for hydroxylation is 1. The normalized spacial score (nSPS) is 16.3. The molecule has 1 aliphatic heterocycles. The molecule has 6 nitrogen and oxygen atoms in total. The summed E-state index contributed by atoms with van der Waals surface area (Å²) in [5.41, 5.74) is 1.64. The van der Waals surface area contributed by atoms with Crippen LogP contribution in [0, 0.1) is 6.92 Å². The number of anilines is 1. The first-order chi connectivity index (χ1) is 12.3. The van der Waals surface area contributed by atoms with Crippen molar-refractivity contribution in [1.29, 1.82) is 0 Å². The molecule has 0 bridgehead atoms. The Morgan fingerprint density at radius 1 is 1.38 bits per heavy atom. The fraction of sp³-hybridized carbons (Fsp3) is 0.333. The van der Waals surface area contributed by atoms with Gasteiger partial charge in [0.15, 0.2) is 0 Å². The molecule has 0 unspecified atom stereocenters. The lowest BCUT2D eigenvalue weighted by molar-refractivity contribution is -0.121. The zero-order valence-corrected chi connectivity index (χ0v) is 16.7. The number of hydrogen-bond donors (Lipinski definition) is 1. The monoisotopic (exact) mass is 388 g/mol. The Balaban J connectivity index is 2.23. The number of rotatable bonds is 4. The van der Waals surface area contributed by atoms with E-state index in [1.807, 2.05) is 33.8 Å². The summed E-state index contributed by atoms with van der Waals surface area (Å²) in [7, 11) is 0. The second kappa shape index (κ2) is 7.20. The van der Waals surface area contributed by atoms with Gasteiger partial charge in [0.05, 0.1) is 10.5 Å². The average molecular weight is 389 g/mol. The topological polar surface area (TPSA) is 66.7 Å². The molecular formula is C18H20N4O2S2. The lowest BCUT2D eigenvalue weighted by Gasteiger charge is -2.14. The highest BCUT2D eigenvalue weighted by atomic mass is 32.2. The Bertz CT molecular complexity index is 995. The van der Waals surface area contributed by atoms with E-state index in [1.54, 1.807) is 18.3 Å². The van der Waals surface area contributed by atoms with Crippen LogP contribution in [-0.4, -0.2) is 37.1 Å². The molecule has 3 rings (SSSR count). The Hall–Kier alpha value is -2.19. The van der Waals surface area contributed by atoms with E-state index in [4.69, 9.17) is 12.2 Å². The Morgan fingerprint density at radius 2 is 2.12 bits per heavy atom.